The number of unbranched alkanes of at least 4 members (excludes halogenated alkanes) is 3. The van der Waals surface area contributed by atoms with Gasteiger partial charge in [-0.1, -0.05) is 26.2 Å². The van der Waals surface area contributed by atoms with E-state index in [1.165, 1.54) is 19.2 Å². The van der Waals surface area contributed by atoms with Crippen LogP contribution in [0.15, 0.2) is 18.9 Å². The molecule has 2 aromatic heterocycles. The number of amides is 1. The van der Waals surface area contributed by atoms with Gasteiger partial charge in [-0.25, -0.2) is 19.6 Å². The van der Waals surface area contributed by atoms with Crippen molar-refractivity contribution in [2.45, 2.75) is 39.0 Å². The van der Waals surface area contributed by atoms with Gasteiger partial charge in [0.1, 0.15) is 18.2 Å². The van der Waals surface area contributed by atoms with Crippen LogP contribution in [0.3, 0.4) is 0 Å². The van der Waals surface area contributed by atoms with Crippen LogP contribution >= 0.6 is 0 Å². The average molecular weight is 247 g/mol. The van der Waals surface area contributed by atoms with E-state index in [4.69, 9.17) is 0 Å². The maximum Gasteiger partial charge on any atom is 0.238 e. The Kier molecular flexibility index (Phi) is 4.22. The van der Waals surface area contributed by atoms with Crippen LogP contribution in [0.25, 0.3) is 11.2 Å². The molecule has 0 radical (unpaired) electrons. The van der Waals surface area contributed by atoms with E-state index < -0.39 is 0 Å². The topological polar surface area (TPSA) is 72.7 Å². The molecule has 0 aromatic carbocycles. The number of aromatic nitrogens is 4. The van der Waals surface area contributed by atoms with E-state index in [9.17, 15) is 4.79 Å². The highest BCUT2D eigenvalue weighted by Crippen LogP contribution is 2.06. The smallest absolute Gasteiger partial charge is 0.238 e. The fraction of sp³-hybridized carbons (Fsp3) is 0.500. The van der Waals surface area contributed by atoms with Crippen molar-refractivity contribution in [2.24, 2.45) is 0 Å². The van der Waals surface area contributed by atoms with Crippen molar-refractivity contribution in [3.8, 4) is 0 Å². The lowest BCUT2D eigenvalue weighted by Gasteiger charge is -2.05. The summed E-state index contributed by atoms with van der Waals surface area (Å²) in [7, 11) is 0. The van der Waals surface area contributed by atoms with Gasteiger partial charge in [-0.2, -0.15) is 0 Å². The minimum absolute atomic E-state index is 0.0102. The highest BCUT2D eigenvalue weighted by atomic mass is 16.2. The monoisotopic (exact) mass is 247 g/mol. The summed E-state index contributed by atoms with van der Waals surface area (Å²) in [5.74, 6) is -0.0102. The summed E-state index contributed by atoms with van der Waals surface area (Å²) < 4.78 is 1.54. The van der Waals surface area contributed by atoms with Crippen molar-refractivity contribution in [3.63, 3.8) is 0 Å². The highest BCUT2D eigenvalue weighted by molar-refractivity contribution is 5.85. The Hall–Kier alpha value is -1.98. The molecule has 96 valence electrons. The second kappa shape index (κ2) is 6.09. The molecule has 2 aromatic rings. The number of carbonyl (C=O) groups excluding carboxylic acids is 1. The number of carbonyl (C=O) groups is 1. The quantitative estimate of drug-likeness (QED) is 0.791. The molecule has 0 saturated heterocycles. The molecule has 0 aliphatic rings. The van der Waals surface area contributed by atoms with Gasteiger partial charge in [0.15, 0.2) is 5.65 Å². The molecule has 6 heteroatoms. The number of nitrogens with one attached hydrogen (secondary N) is 1. The van der Waals surface area contributed by atoms with Crippen LogP contribution < -0.4 is 5.43 Å². The summed E-state index contributed by atoms with van der Waals surface area (Å²) in [4.78, 5) is 23.8. The van der Waals surface area contributed by atoms with Crippen LogP contribution in [0, 0.1) is 0 Å². The fourth-order valence-electron chi connectivity index (χ4n) is 1.75. The lowest BCUT2D eigenvalue weighted by atomic mass is 10.1. The van der Waals surface area contributed by atoms with Gasteiger partial charge in [-0.05, 0) is 6.42 Å². The van der Waals surface area contributed by atoms with Crippen LogP contribution in [-0.4, -0.2) is 25.5 Å². The lowest BCUT2D eigenvalue weighted by Crippen LogP contribution is -2.22. The Morgan fingerprint density at radius 3 is 3.06 bits per heavy atom. The van der Waals surface area contributed by atoms with Gasteiger partial charge < -0.3 is 0 Å². The Bertz CT molecular complexity index is 522. The summed E-state index contributed by atoms with van der Waals surface area (Å²) in [6.07, 6.45) is 9.49. The van der Waals surface area contributed by atoms with Gasteiger partial charge in [0.05, 0.1) is 6.20 Å². The zero-order valence-electron chi connectivity index (χ0n) is 10.5. The molecular formula is C12H17N5O. The van der Waals surface area contributed by atoms with Gasteiger partial charge in [0, 0.05) is 6.42 Å². The fourth-order valence-corrected chi connectivity index (χ4v) is 1.75. The third kappa shape index (κ3) is 3.03. The summed E-state index contributed by atoms with van der Waals surface area (Å²) in [5, 5.41) is 0. The van der Waals surface area contributed by atoms with Gasteiger partial charge in [-0.15, -0.1) is 0 Å². The minimum atomic E-state index is -0.0102. The first-order valence-corrected chi connectivity index (χ1v) is 6.24. The molecule has 0 aliphatic heterocycles. The van der Waals surface area contributed by atoms with Crippen LogP contribution in [0.2, 0.25) is 0 Å². The molecule has 18 heavy (non-hydrogen) atoms. The van der Waals surface area contributed by atoms with E-state index >= 15 is 0 Å². The molecule has 0 spiro atoms. The van der Waals surface area contributed by atoms with Crippen molar-refractivity contribution in [1.82, 2.24) is 19.6 Å². The van der Waals surface area contributed by atoms with E-state index in [1.807, 2.05) is 0 Å². The molecule has 0 atom stereocenters. The molecule has 0 fully saturated rings. The second-order valence-corrected chi connectivity index (χ2v) is 4.19. The zero-order chi connectivity index (χ0) is 12.8. The summed E-state index contributed by atoms with van der Waals surface area (Å²) in [6.45, 7) is 2.15. The third-order valence-corrected chi connectivity index (χ3v) is 2.72. The molecular weight excluding hydrogens is 230 g/mol. The number of nitrogens with zero attached hydrogens (tertiary/aromatic N) is 4. The number of hydrogen-bond donors (Lipinski definition) is 1. The van der Waals surface area contributed by atoms with Crippen LogP contribution in [0.1, 0.15) is 39.0 Å². The Morgan fingerprint density at radius 2 is 2.22 bits per heavy atom. The predicted molar refractivity (Wildman–Crippen MR) is 68.4 cm³/mol. The SMILES string of the molecule is CCCCCCC(=O)Nn1cnc2cncnc21. The average Bonchev–Trinajstić information content (AvgIpc) is 2.78. The van der Waals surface area contributed by atoms with Crippen molar-refractivity contribution in [2.75, 3.05) is 5.43 Å². The van der Waals surface area contributed by atoms with Crippen LogP contribution in [0.5, 0.6) is 0 Å². The van der Waals surface area contributed by atoms with E-state index in [1.54, 1.807) is 17.2 Å². The molecule has 0 saturated carbocycles. The predicted octanol–water partition coefficient (Wildman–Crippen LogP) is 1.87. The first-order chi connectivity index (χ1) is 8.81. The molecule has 0 aliphatic carbocycles. The minimum Gasteiger partial charge on any atom is -0.273 e. The molecule has 1 N–H and O–H groups in total. The molecule has 0 unspecified atom stereocenters. The molecule has 6 nitrogen and oxygen atoms in total. The normalized spacial score (nSPS) is 10.7. The first kappa shape index (κ1) is 12.5. The maximum atomic E-state index is 11.7. The Labute approximate surface area is 105 Å². The van der Waals surface area contributed by atoms with Gasteiger partial charge in [0.25, 0.3) is 0 Å². The van der Waals surface area contributed by atoms with Crippen molar-refractivity contribution >= 4 is 17.1 Å². The molecule has 0 bridgehead atoms. The standard InChI is InChI=1S/C12H17N5O/c1-2-3-4-5-6-11(18)16-17-9-15-10-7-13-8-14-12(10)17/h7-9H,2-6H2,1H3,(H,16,18). The molecule has 2 heterocycles. The highest BCUT2D eigenvalue weighted by Gasteiger charge is 2.06. The zero-order valence-corrected chi connectivity index (χ0v) is 10.5. The van der Waals surface area contributed by atoms with Gasteiger partial charge in [0.2, 0.25) is 5.91 Å². The summed E-state index contributed by atoms with van der Waals surface area (Å²) in [6, 6.07) is 0. The first-order valence-electron chi connectivity index (χ1n) is 6.24. The van der Waals surface area contributed by atoms with Crippen LogP contribution in [-0.2, 0) is 4.79 Å². The van der Waals surface area contributed by atoms with Crippen molar-refractivity contribution in [3.05, 3.63) is 18.9 Å². The lowest BCUT2D eigenvalue weighted by molar-refractivity contribution is -0.117. The summed E-state index contributed by atoms with van der Waals surface area (Å²) in [5.41, 5.74) is 4.05. The number of hydrogen-bond acceptors (Lipinski definition) is 4. The van der Waals surface area contributed by atoms with Crippen LogP contribution in [0.4, 0.5) is 0 Å². The Morgan fingerprint density at radius 1 is 1.33 bits per heavy atom. The van der Waals surface area contributed by atoms with Crippen molar-refractivity contribution in [1.29, 1.82) is 0 Å². The second-order valence-electron chi connectivity index (χ2n) is 4.19. The van der Waals surface area contributed by atoms with E-state index in [0.717, 1.165) is 12.8 Å². The number of rotatable bonds is 6. The maximum absolute atomic E-state index is 11.7. The largest absolute Gasteiger partial charge is 0.273 e. The number of fused-ring (bicyclic) bond motifs is 1. The molecule has 1 amide bonds. The van der Waals surface area contributed by atoms with E-state index in [2.05, 4.69) is 27.3 Å². The molecule has 2 rings (SSSR count). The Balaban J connectivity index is 1.91. The van der Waals surface area contributed by atoms with Crippen molar-refractivity contribution < 1.29 is 4.79 Å². The summed E-state index contributed by atoms with van der Waals surface area (Å²) >= 11 is 0. The van der Waals surface area contributed by atoms with E-state index in [-0.39, 0.29) is 5.91 Å². The number of imidazole rings is 1. The third-order valence-electron chi connectivity index (χ3n) is 2.72. The van der Waals surface area contributed by atoms with Gasteiger partial charge in [-0.3, -0.25) is 10.2 Å². The van der Waals surface area contributed by atoms with E-state index in [0.29, 0.717) is 17.6 Å². The van der Waals surface area contributed by atoms with Gasteiger partial charge >= 0.3 is 0 Å².